The summed E-state index contributed by atoms with van der Waals surface area (Å²) in [5.41, 5.74) is 2.87. The minimum atomic E-state index is 0.753. The van der Waals surface area contributed by atoms with Gasteiger partial charge < -0.3 is 0 Å². The molecule has 0 fully saturated rings. The van der Waals surface area contributed by atoms with Gasteiger partial charge in [-0.2, -0.15) is 0 Å². The smallest absolute Gasteiger partial charge is 0.0250 e. The molecule has 1 radical (unpaired) electrons. The highest BCUT2D eigenvalue weighted by Crippen LogP contribution is 2.10. The summed E-state index contributed by atoms with van der Waals surface area (Å²) in [6.45, 7) is 6.61. The molecular weight excluding hydrogens is 156 g/mol. The van der Waals surface area contributed by atoms with Gasteiger partial charge in [0.25, 0.3) is 0 Å². The zero-order valence-electron chi connectivity index (χ0n) is 8.88. The molecule has 1 aromatic carbocycles. The molecule has 1 rings (SSSR count). The van der Waals surface area contributed by atoms with Crippen LogP contribution in [0.2, 0.25) is 0 Å². The lowest BCUT2D eigenvalue weighted by Gasteiger charge is -2.05. The summed E-state index contributed by atoms with van der Waals surface area (Å²) < 4.78 is 0. The van der Waals surface area contributed by atoms with E-state index >= 15 is 0 Å². The van der Waals surface area contributed by atoms with Gasteiger partial charge in [0.2, 0.25) is 0 Å². The van der Waals surface area contributed by atoms with Crippen molar-refractivity contribution in [2.75, 3.05) is 0 Å². The van der Waals surface area contributed by atoms with E-state index < -0.39 is 0 Å². The van der Waals surface area contributed by atoms with Crippen LogP contribution in [0.1, 0.15) is 31.9 Å². The second-order valence-corrected chi connectivity index (χ2v) is 4.03. The molecule has 0 N–H and O–H groups in total. The van der Waals surface area contributed by atoms with E-state index in [1.54, 1.807) is 0 Å². The van der Waals surface area contributed by atoms with Crippen LogP contribution in [0.25, 0.3) is 0 Å². The third-order valence-electron chi connectivity index (χ3n) is 2.11. The van der Waals surface area contributed by atoms with Gasteiger partial charge in [-0.1, -0.05) is 45.0 Å². The predicted octanol–water partition coefficient (Wildman–Crippen LogP) is 3.65. The van der Waals surface area contributed by atoms with Gasteiger partial charge >= 0.3 is 0 Å². The minimum Gasteiger partial charge on any atom is -0.0625 e. The van der Waals surface area contributed by atoms with Crippen molar-refractivity contribution in [3.05, 3.63) is 41.8 Å². The van der Waals surface area contributed by atoms with E-state index in [0.29, 0.717) is 0 Å². The van der Waals surface area contributed by atoms with Crippen molar-refractivity contribution < 1.29 is 0 Å². The number of benzene rings is 1. The predicted molar refractivity (Wildman–Crippen MR) is 58.7 cm³/mol. The standard InChI is InChI=1S/C13H19/c1-4-5-12-6-8-13(9-7-12)10-11(2)3/h4,6-9,11H,5,10H2,1-3H3. The summed E-state index contributed by atoms with van der Waals surface area (Å²) in [5.74, 6) is 0.753. The first kappa shape index (κ1) is 10.3. The van der Waals surface area contributed by atoms with Crippen molar-refractivity contribution in [2.24, 2.45) is 5.92 Å². The molecule has 0 heterocycles. The maximum atomic E-state index is 2.26. The van der Waals surface area contributed by atoms with E-state index in [2.05, 4.69) is 51.5 Å². The first-order valence-corrected chi connectivity index (χ1v) is 5.08. The Labute approximate surface area is 82.0 Å². The molecule has 0 amide bonds. The van der Waals surface area contributed by atoms with Crippen LogP contribution in [0.3, 0.4) is 0 Å². The zero-order valence-corrected chi connectivity index (χ0v) is 8.88. The second-order valence-electron chi connectivity index (χ2n) is 4.03. The van der Waals surface area contributed by atoms with E-state index in [1.807, 2.05) is 0 Å². The van der Waals surface area contributed by atoms with Crippen molar-refractivity contribution in [1.29, 1.82) is 0 Å². The van der Waals surface area contributed by atoms with Crippen LogP contribution in [0, 0.1) is 12.3 Å². The number of hydrogen-bond donors (Lipinski definition) is 0. The molecule has 0 aliphatic rings. The molecule has 0 nitrogen and oxygen atoms in total. The Morgan fingerprint density at radius 3 is 2.08 bits per heavy atom. The van der Waals surface area contributed by atoms with Gasteiger partial charge in [-0.15, -0.1) is 0 Å². The average molecular weight is 175 g/mol. The molecule has 1 aromatic rings. The average Bonchev–Trinajstić information content (AvgIpc) is 2.08. The molecule has 0 bridgehead atoms. The fraction of sp³-hybridized carbons (Fsp3) is 0.462. The molecule has 0 heteroatoms. The molecule has 13 heavy (non-hydrogen) atoms. The van der Waals surface area contributed by atoms with Gasteiger partial charge in [-0.25, -0.2) is 0 Å². The molecule has 0 saturated heterocycles. The van der Waals surface area contributed by atoms with Crippen molar-refractivity contribution in [3.8, 4) is 0 Å². The second kappa shape index (κ2) is 5.06. The molecule has 0 unspecified atom stereocenters. The van der Waals surface area contributed by atoms with Crippen molar-refractivity contribution in [2.45, 2.75) is 33.6 Å². The maximum absolute atomic E-state index is 2.26. The van der Waals surface area contributed by atoms with Crippen molar-refractivity contribution in [1.82, 2.24) is 0 Å². The molecule has 0 spiro atoms. The van der Waals surface area contributed by atoms with E-state index in [9.17, 15) is 0 Å². The van der Waals surface area contributed by atoms with Gasteiger partial charge in [0, 0.05) is 0 Å². The van der Waals surface area contributed by atoms with E-state index in [-0.39, 0.29) is 0 Å². The van der Waals surface area contributed by atoms with Crippen molar-refractivity contribution >= 4 is 0 Å². The molecular formula is C13H19. The summed E-state index contributed by atoms with van der Waals surface area (Å²) in [5, 5.41) is 0. The van der Waals surface area contributed by atoms with Crippen LogP contribution in [0.15, 0.2) is 24.3 Å². The third kappa shape index (κ3) is 3.63. The van der Waals surface area contributed by atoms with Gasteiger partial charge in [-0.05, 0) is 36.3 Å². The Morgan fingerprint density at radius 2 is 1.62 bits per heavy atom. The summed E-state index contributed by atoms with van der Waals surface area (Å²) in [7, 11) is 0. The number of rotatable bonds is 4. The number of hydrogen-bond acceptors (Lipinski definition) is 0. The van der Waals surface area contributed by atoms with Crippen LogP contribution in [0.4, 0.5) is 0 Å². The van der Waals surface area contributed by atoms with E-state index in [4.69, 9.17) is 0 Å². The largest absolute Gasteiger partial charge is 0.0625 e. The molecule has 0 aliphatic heterocycles. The van der Waals surface area contributed by atoms with E-state index in [0.717, 1.165) is 12.3 Å². The Morgan fingerprint density at radius 1 is 1.08 bits per heavy atom. The Bertz CT molecular complexity index is 231. The normalized spacial score (nSPS) is 10.8. The fourth-order valence-electron chi connectivity index (χ4n) is 1.52. The highest BCUT2D eigenvalue weighted by molar-refractivity contribution is 5.23. The van der Waals surface area contributed by atoms with Gasteiger partial charge in [0.15, 0.2) is 0 Å². The Hall–Kier alpha value is -0.780. The molecule has 0 aliphatic carbocycles. The van der Waals surface area contributed by atoms with Gasteiger partial charge in [0.05, 0.1) is 0 Å². The van der Waals surface area contributed by atoms with Crippen LogP contribution in [-0.2, 0) is 12.8 Å². The van der Waals surface area contributed by atoms with Crippen LogP contribution < -0.4 is 0 Å². The van der Waals surface area contributed by atoms with E-state index in [1.165, 1.54) is 17.5 Å². The van der Waals surface area contributed by atoms with Crippen LogP contribution in [-0.4, -0.2) is 0 Å². The molecule has 0 aromatic heterocycles. The Kier molecular flexibility index (Phi) is 4.01. The van der Waals surface area contributed by atoms with Crippen LogP contribution >= 0.6 is 0 Å². The first-order valence-electron chi connectivity index (χ1n) is 5.08. The highest BCUT2D eigenvalue weighted by Gasteiger charge is 1.97. The summed E-state index contributed by atoms with van der Waals surface area (Å²) in [6, 6.07) is 8.97. The lowest BCUT2D eigenvalue weighted by Crippen LogP contribution is -1.94. The van der Waals surface area contributed by atoms with Crippen molar-refractivity contribution in [3.63, 3.8) is 0 Å². The first-order chi connectivity index (χ1) is 6.22. The van der Waals surface area contributed by atoms with Gasteiger partial charge in [-0.3, -0.25) is 0 Å². The zero-order chi connectivity index (χ0) is 9.68. The lowest BCUT2D eigenvalue weighted by molar-refractivity contribution is 0.647. The lowest BCUT2D eigenvalue weighted by atomic mass is 10.0. The molecule has 71 valence electrons. The highest BCUT2D eigenvalue weighted by atomic mass is 14.0. The SMILES string of the molecule is C[CH]Cc1ccc(CC(C)C)cc1. The quantitative estimate of drug-likeness (QED) is 0.655. The molecule has 0 atom stereocenters. The summed E-state index contributed by atoms with van der Waals surface area (Å²) >= 11 is 0. The minimum absolute atomic E-state index is 0.753. The topological polar surface area (TPSA) is 0 Å². The summed E-state index contributed by atoms with van der Waals surface area (Å²) in [6.07, 6.45) is 4.47. The monoisotopic (exact) mass is 175 g/mol. The third-order valence-corrected chi connectivity index (χ3v) is 2.11. The fourth-order valence-corrected chi connectivity index (χ4v) is 1.52. The maximum Gasteiger partial charge on any atom is -0.0250 e. The van der Waals surface area contributed by atoms with Gasteiger partial charge in [0.1, 0.15) is 0 Å². The molecule has 0 saturated carbocycles. The van der Waals surface area contributed by atoms with Crippen LogP contribution in [0.5, 0.6) is 0 Å². The summed E-state index contributed by atoms with van der Waals surface area (Å²) in [4.78, 5) is 0. The Balaban J connectivity index is 2.59.